The molecule has 0 N–H and O–H groups in total. The van der Waals surface area contributed by atoms with Crippen molar-refractivity contribution in [2.75, 3.05) is 6.61 Å². The molecular formula is C14H24O2. The SMILES string of the molecule is CCCOC(=O)C=C(C)CCC1CC1(C)C. The highest BCUT2D eigenvalue weighted by molar-refractivity contribution is 5.82. The third-order valence-electron chi connectivity index (χ3n) is 3.42. The molecule has 0 aliphatic heterocycles. The van der Waals surface area contributed by atoms with Crippen LogP contribution >= 0.6 is 0 Å². The standard InChI is InChI=1S/C14H24O2/c1-5-8-16-13(15)9-11(2)6-7-12-10-14(12,3)4/h9,12H,5-8,10H2,1-4H3. The molecule has 1 saturated carbocycles. The molecule has 1 unspecified atom stereocenters. The van der Waals surface area contributed by atoms with Gasteiger partial charge in [-0.05, 0) is 43.9 Å². The molecule has 0 aromatic heterocycles. The Kier molecular flexibility index (Phi) is 4.57. The van der Waals surface area contributed by atoms with E-state index in [0.29, 0.717) is 12.0 Å². The van der Waals surface area contributed by atoms with Crippen molar-refractivity contribution < 1.29 is 9.53 Å². The Morgan fingerprint density at radius 2 is 2.12 bits per heavy atom. The molecule has 0 spiro atoms. The van der Waals surface area contributed by atoms with E-state index in [2.05, 4.69) is 13.8 Å². The number of carbonyl (C=O) groups excluding carboxylic acids is 1. The van der Waals surface area contributed by atoms with Crippen LogP contribution in [0.3, 0.4) is 0 Å². The van der Waals surface area contributed by atoms with Crippen LogP contribution in [-0.4, -0.2) is 12.6 Å². The lowest BCUT2D eigenvalue weighted by atomic mass is 10.0. The molecule has 0 amide bonds. The fourth-order valence-electron chi connectivity index (χ4n) is 1.99. The second-order valence-corrected chi connectivity index (χ2v) is 5.59. The van der Waals surface area contributed by atoms with Crippen molar-refractivity contribution in [3.63, 3.8) is 0 Å². The number of allylic oxidation sites excluding steroid dienone is 1. The zero-order valence-corrected chi connectivity index (χ0v) is 11.0. The summed E-state index contributed by atoms with van der Waals surface area (Å²) in [6.07, 6.45) is 6.09. The van der Waals surface area contributed by atoms with Gasteiger partial charge in [0.05, 0.1) is 6.61 Å². The summed E-state index contributed by atoms with van der Waals surface area (Å²) in [6, 6.07) is 0. The molecule has 1 aliphatic carbocycles. The van der Waals surface area contributed by atoms with Crippen LogP contribution < -0.4 is 0 Å². The molecule has 92 valence electrons. The van der Waals surface area contributed by atoms with E-state index >= 15 is 0 Å². The molecule has 16 heavy (non-hydrogen) atoms. The van der Waals surface area contributed by atoms with E-state index < -0.39 is 0 Å². The van der Waals surface area contributed by atoms with E-state index in [1.165, 1.54) is 12.8 Å². The van der Waals surface area contributed by atoms with Gasteiger partial charge in [0.1, 0.15) is 0 Å². The maximum absolute atomic E-state index is 11.3. The minimum Gasteiger partial charge on any atom is -0.463 e. The second-order valence-electron chi connectivity index (χ2n) is 5.59. The van der Waals surface area contributed by atoms with Crippen molar-refractivity contribution in [1.82, 2.24) is 0 Å². The number of carbonyl (C=O) groups is 1. The van der Waals surface area contributed by atoms with Gasteiger partial charge in [-0.1, -0.05) is 26.3 Å². The number of esters is 1. The molecule has 1 atom stereocenters. The Bertz CT molecular complexity index is 276. The van der Waals surface area contributed by atoms with Crippen LogP contribution in [0.15, 0.2) is 11.6 Å². The zero-order valence-electron chi connectivity index (χ0n) is 11.0. The molecule has 2 nitrogen and oxygen atoms in total. The smallest absolute Gasteiger partial charge is 0.330 e. The lowest BCUT2D eigenvalue weighted by Crippen LogP contribution is -2.02. The summed E-state index contributed by atoms with van der Waals surface area (Å²) in [5, 5.41) is 0. The molecule has 0 saturated heterocycles. The predicted molar refractivity (Wildman–Crippen MR) is 66.1 cm³/mol. The topological polar surface area (TPSA) is 26.3 Å². The number of hydrogen-bond acceptors (Lipinski definition) is 2. The Morgan fingerprint density at radius 1 is 1.50 bits per heavy atom. The average molecular weight is 224 g/mol. The van der Waals surface area contributed by atoms with Gasteiger partial charge >= 0.3 is 5.97 Å². The molecule has 1 fully saturated rings. The van der Waals surface area contributed by atoms with E-state index in [9.17, 15) is 4.79 Å². The molecule has 0 bridgehead atoms. The first kappa shape index (κ1) is 13.3. The largest absolute Gasteiger partial charge is 0.463 e. The van der Waals surface area contributed by atoms with Crippen molar-refractivity contribution >= 4 is 5.97 Å². The van der Waals surface area contributed by atoms with Gasteiger partial charge in [-0.2, -0.15) is 0 Å². The lowest BCUT2D eigenvalue weighted by molar-refractivity contribution is -0.137. The Hall–Kier alpha value is -0.790. The van der Waals surface area contributed by atoms with E-state index in [0.717, 1.165) is 24.3 Å². The monoisotopic (exact) mass is 224 g/mol. The number of ether oxygens (including phenoxy) is 1. The normalized spacial score (nSPS) is 23.0. The first-order chi connectivity index (χ1) is 7.45. The van der Waals surface area contributed by atoms with Crippen LogP contribution in [0.25, 0.3) is 0 Å². The number of rotatable bonds is 6. The highest BCUT2D eigenvalue weighted by Crippen LogP contribution is 2.54. The van der Waals surface area contributed by atoms with Gasteiger partial charge < -0.3 is 4.74 Å². The van der Waals surface area contributed by atoms with Gasteiger partial charge in [0.15, 0.2) is 0 Å². The Morgan fingerprint density at radius 3 is 2.62 bits per heavy atom. The fourth-order valence-corrected chi connectivity index (χ4v) is 1.99. The van der Waals surface area contributed by atoms with E-state index in [1.54, 1.807) is 6.08 Å². The van der Waals surface area contributed by atoms with Crippen molar-refractivity contribution in [3.8, 4) is 0 Å². The molecule has 0 radical (unpaired) electrons. The zero-order chi connectivity index (χ0) is 12.2. The first-order valence-corrected chi connectivity index (χ1v) is 6.29. The first-order valence-electron chi connectivity index (χ1n) is 6.29. The molecule has 2 heteroatoms. The molecule has 0 heterocycles. The van der Waals surface area contributed by atoms with Gasteiger partial charge in [-0.25, -0.2) is 4.79 Å². The third-order valence-corrected chi connectivity index (χ3v) is 3.42. The summed E-state index contributed by atoms with van der Waals surface area (Å²) in [4.78, 5) is 11.3. The Labute approximate surface area is 99.1 Å². The lowest BCUT2D eigenvalue weighted by Gasteiger charge is -2.04. The Balaban J connectivity index is 2.21. The summed E-state index contributed by atoms with van der Waals surface area (Å²) < 4.78 is 5.01. The molecule has 0 aromatic rings. The van der Waals surface area contributed by atoms with Crippen molar-refractivity contribution in [2.45, 2.75) is 53.4 Å². The van der Waals surface area contributed by atoms with E-state index in [4.69, 9.17) is 4.74 Å². The summed E-state index contributed by atoms with van der Waals surface area (Å²) in [6.45, 7) is 9.17. The quantitative estimate of drug-likeness (QED) is 0.508. The van der Waals surface area contributed by atoms with Gasteiger partial charge in [0.25, 0.3) is 0 Å². The minimum atomic E-state index is -0.186. The maximum atomic E-state index is 11.3. The summed E-state index contributed by atoms with van der Waals surface area (Å²) in [7, 11) is 0. The second kappa shape index (κ2) is 5.51. The van der Waals surface area contributed by atoms with Crippen LogP contribution in [-0.2, 0) is 9.53 Å². The highest BCUT2D eigenvalue weighted by atomic mass is 16.5. The van der Waals surface area contributed by atoms with Gasteiger partial charge in [-0.3, -0.25) is 0 Å². The summed E-state index contributed by atoms with van der Waals surface area (Å²) in [5.74, 6) is 0.664. The fraction of sp³-hybridized carbons (Fsp3) is 0.786. The number of hydrogen-bond donors (Lipinski definition) is 0. The molecule has 1 aliphatic rings. The highest BCUT2D eigenvalue weighted by Gasteiger charge is 2.44. The molecular weight excluding hydrogens is 200 g/mol. The van der Waals surface area contributed by atoms with Gasteiger partial charge in [-0.15, -0.1) is 0 Å². The van der Waals surface area contributed by atoms with Crippen LogP contribution in [0.1, 0.15) is 53.4 Å². The van der Waals surface area contributed by atoms with Crippen LogP contribution in [0.5, 0.6) is 0 Å². The predicted octanol–water partition coefficient (Wildman–Crippen LogP) is 3.71. The summed E-state index contributed by atoms with van der Waals surface area (Å²) >= 11 is 0. The van der Waals surface area contributed by atoms with Crippen molar-refractivity contribution in [2.24, 2.45) is 11.3 Å². The van der Waals surface area contributed by atoms with Crippen LogP contribution in [0.2, 0.25) is 0 Å². The van der Waals surface area contributed by atoms with Crippen molar-refractivity contribution in [1.29, 1.82) is 0 Å². The average Bonchev–Trinajstić information content (AvgIpc) is 2.80. The van der Waals surface area contributed by atoms with E-state index in [-0.39, 0.29) is 5.97 Å². The molecule has 1 rings (SSSR count). The van der Waals surface area contributed by atoms with Crippen LogP contribution in [0.4, 0.5) is 0 Å². The van der Waals surface area contributed by atoms with Crippen LogP contribution in [0, 0.1) is 11.3 Å². The van der Waals surface area contributed by atoms with Crippen molar-refractivity contribution in [3.05, 3.63) is 11.6 Å². The van der Waals surface area contributed by atoms with Gasteiger partial charge in [0, 0.05) is 6.08 Å². The summed E-state index contributed by atoms with van der Waals surface area (Å²) in [5.41, 5.74) is 1.69. The maximum Gasteiger partial charge on any atom is 0.330 e. The van der Waals surface area contributed by atoms with E-state index in [1.807, 2.05) is 13.8 Å². The third kappa shape index (κ3) is 4.38. The minimum absolute atomic E-state index is 0.186. The molecule has 0 aromatic carbocycles. The van der Waals surface area contributed by atoms with Gasteiger partial charge in [0.2, 0.25) is 0 Å².